The smallest absolute Gasteiger partial charge is 0.246 e. The van der Waals surface area contributed by atoms with Gasteiger partial charge in [0.1, 0.15) is 0 Å². The number of hydrogen-bond acceptors (Lipinski definition) is 2. The number of benzene rings is 1. The summed E-state index contributed by atoms with van der Waals surface area (Å²) in [5, 5.41) is 10.9. The molecule has 0 radical (unpaired) electrons. The molecule has 1 saturated carbocycles. The second-order valence-electron chi connectivity index (χ2n) is 4.70. The van der Waals surface area contributed by atoms with E-state index in [4.69, 9.17) is 0 Å². The highest BCUT2D eigenvalue weighted by Gasteiger charge is 2.47. The summed E-state index contributed by atoms with van der Waals surface area (Å²) in [4.78, 5) is 10.7. The van der Waals surface area contributed by atoms with Crippen LogP contribution in [0.5, 0.6) is 0 Å². The van der Waals surface area contributed by atoms with E-state index in [0.29, 0.717) is 17.5 Å². The van der Waals surface area contributed by atoms with Gasteiger partial charge in [-0.25, -0.2) is 0 Å². The number of nitrogens with zero attached hydrogens (tertiary/aromatic N) is 1. The maximum absolute atomic E-state index is 10.9. The van der Waals surface area contributed by atoms with Crippen LogP contribution >= 0.6 is 0 Å². The monoisotopic (exact) mass is 215 g/mol. The molecule has 0 N–H and O–H groups in total. The van der Waals surface area contributed by atoms with Crippen LogP contribution in [0.25, 0.3) is 0 Å². The minimum Gasteiger partial charge on any atom is -0.259 e. The summed E-state index contributed by atoms with van der Waals surface area (Å²) < 4.78 is 0. The van der Waals surface area contributed by atoms with Crippen LogP contribution < -0.4 is 0 Å². The maximum atomic E-state index is 10.9. The van der Waals surface area contributed by atoms with Crippen molar-refractivity contribution in [3.05, 3.63) is 57.8 Å². The molecule has 2 bridgehead atoms. The predicted molar refractivity (Wildman–Crippen MR) is 60.5 cm³/mol. The third kappa shape index (κ3) is 1.35. The minimum absolute atomic E-state index is 0.141. The molecule has 1 fully saturated rings. The van der Waals surface area contributed by atoms with Crippen LogP contribution in [0.4, 0.5) is 0 Å². The van der Waals surface area contributed by atoms with Gasteiger partial charge in [0.25, 0.3) is 0 Å². The van der Waals surface area contributed by atoms with Gasteiger partial charge in [-0.3, -0.25) is 10.1 Å². The van der Waals surface area contributed by atoms with Crippen LogP contribution in [0.15, 0.2) is 42.1 Å². The number of fused-ring (bicyclic) bond motifs is 2. The van der Waals surface area contributed by atoms with Gasteiger partial charge in [0, 0.05) is 0 Å². The topological polar surface area (TPSA) is 43.1 Å². The standard InChI is InChI=1S/C13H13NO2/c15-14(16)13-8-9-6-11(12(13)7-9)10-4-2-1-3-5-10/h1-5,8-9,11-12H,6-7H2. The average Bonchev–Trinajstić information content (AvgIpc) is 2.89. The molecular formula is C13H13NO2. The van der Waals surface area contributed by atoms with E-state index in [1.54, 1.807) is 0 Å². The van der Waals surface area contributed by atoms with E-state index in [9.17, 15) is 10.1 Å². The van der Waals surface area contributed by atoms with Crippen molar-refractivity contribution >= 4 is 0 Å². The molecule has 0 spiro atoms. The quantitative estimate of drug-likeness (QED) is 0.562. The summed E-state index contributed by atoms with van der Waals surface area (Å²) >= 11 is 0. The molecule has 3 nitrogen and oxygen atoms in total. The Kier molecular flexibility index (Phi) is 2.06. The van der Waals surface area contributed by atoms with Crippen LogP contribution in [0, 0.1) is 22.0 Å². The van der Waals surface area contributed by atoms with Crippen molar-refractivity contribution < 1.29 is 4.92 Å². The van der Waals surface area contributed by atoms with E-state index in [1.807, 2.05) is 24.3 Å². The molecular weight excluding hydrogens is 202 g/mol. The number of rotatable bonds is 2. The second-order valence-corrected chi connectivity index (χ2v) is 4.70. The van der Waals surface area contributed by atoms with Crippen molar-refractivity contribution in [1.29, 1.82) is 0 Å². The highest BCUT2D eigenvalue weighted by molar-refractivity contribution is 5.29. The summed E-state index contributed by atoms with van der Waals surface area (Å²) in [7, 11) is 0. The van der Waals surface area contributed by atoms with Crippen LogP contribution in [-0.2, 0) is 0 Å². The molecule has 82 valence electrons. The zero-order chi connectivity index (χ0) is 11.1. The third-order valence-electron chi connectivity index (χ3n) is 3.82. The van der Waals surface area contributed by atoms with Gasteiger partial charge in [-0.15, -0.1) is 0 Å². The minimum atomic E-state index is -0.195. The van der Waals surface area contributed by atoms with Gasteiger partial charge >= 0.3 is 0 Å². The van der Waals surface area contributed by atoms with E-state index in [-0.39, 0.29) is 10.8 Å². The van der Waals surface area contributed by atoms with Crippen molar-refractivity contribution in [2.75, 3.05) is 0 Å². The van der Waals surface area contributed by atoms with Crippen molar-refractivity contribution in [2.45, 2.75) is 18.8 Å². The summed E-state index contributed by atoms with van der Waals surface area (Å²) in [6.07, 6.45) is 3.91. The largest absolute Gasteiger partial charge is 0.259 e. The Morgan fingerprint density at radius 3 is 2.44 bits per heavy atom. The van der Waals surface area contributed by atoms with Gasteiger partial charge in [0.15, 0.2) is 0 Å². The van der Waals surface area contributed by atoms with Crippen molar-refractivity contribution in [3.8, 4) is 0 Å². The Morgan fingerprint density at radius 2 is 1.81 bits per heavy atom. The lowest BCUT2D eigenvalue weighted by Crippen LogP contribution is -2.15. The molecule has 2 aliphatic rings. The van der Waals surface area contributed by atoms with E-state index in [1.165, 1.54) is 5.56 Å². The Bertz CT molecular complexity index is 452. The maximum Gasteiger partial charge on any atom is 0.246 e. The van der Waals surface area contributed by atoms with Crippen LogP contribution in [-0.4, -0.2) is 4.92 Å². The first-order valence-electron chi connectivity index (χ1n) is 5.67. The fraction of sp³-hybridized carbons (Fsp3) is 0.385. The van der Waals surface area contributed by atoms with Crippen LogP contribution in [0.1, 0.15) is 24.3 Å². The lowest BCUT2D eigenvalue weighted by atomic mass is 9.85. The second kappa shape index (κ2) is 3.44. The normalized spacial score (nSPS) is 31.5. The highest BCUT2D eigenvalue weighted by atomic mass is 16.6. The first kappa shape index (κ1) is 9.58. The Labute approximate surface area is 93.9 Å². The number of nitro groups is 1. The summed E-state index contributed by atoms with van der Waals surface area (Å²) in [6.45, 7) is 0. The van der Waals surface area contributed by atoms with Crippen molar-refractivity contribution in [1.82, 2.24) is 0 Å². The fourth-order valence-corrected chi connectivity index (χ4v) is 3.17. The van der Waals surface area contributed by atoms with Gasteiger partial charge < -0.3 is 0 Å². The molecule has 0 aromatic heterocycles. The molecule has 3 unspecified atom stereocenters. The SMILES string of the molecule is O=[N+]([O-])C1=CC2CC1C(c1ccccc1)C2. The lowest BCUT2D eigenvalue weighted by Gasteiger charge is -2.19. The van der Waals surface area contributed by atoms with Crippen molar-refractivity contribution in [2.24, 2.45) is 11.8 Å². The Hall–Kier alpha value is -1.64. The van der Waals surface area contributed by atoms with Gasteiger partial charge in [-0.05, 0) is 36.3 Å². The van der Waals surface area contributed by atoms with Gasteiger partial charge in [0.2, 0.25) is 5.70 Å². The molecule has 0 saturated heterocycles. The third-order valence-corrected chi connectivity index (χ3v) is 3.82. The summed E-state index contributed by atoms with van der Waals surface area (Å²) in [6, 6.07) is 10.2. The fourth-order valence-electron chi connectivity index (χ4n) is 3.17. The molecule has 1 aromatic carbocycles. The Balaban J connectivity index is 1.92. The van der Waals surface area contributed by atoms with Crippen molar-refractivity contribution in [3.63, 3.8) is 0 Å². The molecule has 0 aliphatic heterocycles. The van der Waals surface area contributed by atoms with Gasteiger partial charge in [-0.1, -0.05) is 30.3 Å². The molecule has 3 heteroatoms. The molecule has 0 heterocycles. The molecule has 0 amide bonds. The zero-order valence-electron chi connectivity index (χ0n) is 8.87. The van der Waals surface area contributed by atoms with E-state index in [2.05, 4.69) is 12.1 Å². The zero-order valence-corrected chi connectivity index (χ0v) is 8.87. The average molecular weight is 215 g/mol. The van der Waals surface area contributed by atoms with E-state index >= 15 is 0 Å². The summed E-state index contributed by atoms with van der Waals surface area (Å²) in [5.41, 5.74) is 1.70. The molecule has 16 heavy (non-hydrogen) atoms. The molecule has 2 aliphatic carbocycles. The predicted octanol–water partition coefficient (Wildman–Crippen LogP) is 2.97. The number of allylic oxidation sites excluding steroid dienone is 2. The lowest BCUT2D eigenvalue weighted by molar-refractivity contribution is -0.433. The summed E-state index contributed by atoms with van der Waals surface area (Å²) in [5.74, 6) is 0.926. The Morgan fingerprint density at radius 1 is 1.12 bits per heavy atom. The highest BCUT2D eigenvalue weighted by Crippen LogP contribution is 2.52. The number of hydrogen-bond donors (Lipinski definition) is 0. The molecule has 3 rings (SSSR count). The van der Waals surface area contributed by atoms with Crippen LogP contribution in [0.3, 0.4) is 0 Å². The molecule has 3 atom stereocenters. The first-order chi connectivity index (χ1) is 7.75. The van der Waals surface area contributed by atoms with E-state index in [0.717, 1.165) is 12.8 Å². The van der Waals surface area contributed by atoms with Crippen LogP contribution in [0.2, 0.25) is 0 Å². The van der Waals surface area contributed by atoms with Gasteiger partial charge in [0.05, 0.1) is 10.8 Å². The van der Waals surface area contributed by atoms with E-state index < -0.39 is 0 Å². The van der Waals surface area contributed by atoms with Gasteiger partial charge in [-0.2, -0.15) is 0 Å². The first-order valence-corrected chi connectivity index (χ1v) is 5.67. The molecule has 1 aromatic rings.